The molecule has 1 aromatic heterocycles. The van der Waals surface area contributed by atoms with Crippen molar-refractivity contribution in [3.63, 3.8) is 0 Å². The highest BCUT2D eigenvalue weighted by Crippen LogP contribution is 2.15. The highest BCUT2D eigenvalue weighted by molar-refractivity contribution is 7.09. The zero-order valence-electron chi connectivity index (χ0n) is 10.2. The van der Waals surface area contributed by atoms with Crippen LogP contribution in [-0.2, 0) is 12.8 Å². The average Bonchev–Trinajstić information content (AvgIpc) is 2.85. The lowest BCUT2D eigenvalue weighted by Crippen LogP contribution is -2.10. The van der Waals surface area contributed by atoms with E-state index < -0.39 is 0 Å². The van der Waals surface area contributed by atoms with Gasteiger partial charge in [-0.05, 0) is 54.8 Å². The van der Waals surface area contributed by atoms with Gasteiger partial charge in [0.15, 0.2) is 0 Å². The number of rotatable bonds is 6. The first-order valence-corrected chi connectivity index (χ1v) is 7.44. The number of aliphatic hydroxyl groups is 1. The quantitative estimate of drug-likeness (QED) is 0.835. The molecule has 0 saturated heterocycles. The minimum absolute atomic E-state index is 0.258. The van der Waals surface area contributed by atoms with Crippen molar-refractivity contribution in [3.8, 4) is 0 Å². The minimum atomic E-state index is -0.258. The SMILES string of the molecule is OC(CCCc1cccs1)Cc1ccc(Cl)cc1. The highest BCUT2D eigenvalue weighted by atomic mass is 35.5. The maximum Gasteiger partial charge on any atom is 0.0580 e. The molecule has 0 spiro atoms. The van der Waals surface area contributed by atoms with Crippen LogP contribution in [0, 0.1) is 0 Å². The van der Waals surface area contributed by atoms with E-state index in [1.165, 1.54) is 4.88 Å². The number of thiophene rings is 1. The molecule has 1 unspecified atom stereocenters. The van der Waals surface area contributed by atoms with Crippen molar-refractivity contribution in [1.29, 1.82) is 0 Å². The van der Waals surface area contributed by atoms with Gasteiger partial charge in [-0.1, -0.05) is 29.8 Å². The molecule has 0 amide bonds. The maximum atomic E-state index is 9.97. The van der Waals surface area contributed by atoms with Gasteiger partial charge in [0, 0.05) is 9.90 Å². The molecule has 0 bridgehead atoms. The lowest BCUT2D eigenvalue weighted by molar-refractivity contribution is 0.162. The molecule has 0 aliphatic rings. The molecule has 0 aliphatic carbocycles. The van der Waals surface area contributed by atoms with E-state index in [4.69, 9.17) is 11.6 Å². The van der Waals surface area contributed by atoms with Crippen LogP contribution in [0.15, 0.2) is 41.8 Å². The molecule has 1 atom stereocenters. The predicted molar refractivity (Wildman–Crippen MR) is 78.4 cm³/mol. The van der Waals surface area contributed by atoms with E-state index in [0.29, 0.717) is 6.42 Å². The van der Waals surface area contributed by atoms with Crippen molar-refractivity contribution in [1.82, 2.24) is 0 Å². The Morgan fingerprint density at radius 2 is 1.94 bits per heavy atom. The molecule has 1 heterocycles. The third kappa shape index (κ3) is 4.45. The fraction of sp³-hybridized carbons (Fsp3) is 0.333. The van der Waals surface area contributed by atoms with Crippen LogP contribution < -0.4 is 0 Å². The summed E-state index contributed by atoms with van der Waals surface area (Å²) in [6, 6.07) is 11.9. The van der Waals surface area contributed by atoms with Crippen LogP contribution in [0.5, 0.6) is 0 Å². The van der Waals surface area contributed by atoms with Gasteiger partial charge in [0.25, 0.3) is 0 Å². The average molecular weight is 281 g/mol. The summed E-state index contributed by atoms with van der Waals surface area (Å²) in [7, 11) is 0. The largest absolute Gasteiger partial charge is 0.393 e. The monoisotopic (exact) mass is 280 g/mol. The Bertz CT molecular complexity index is 450. The fourth-order valence-corrected chi connectivity index (χ4v) is 2.84. The number of halogens is 1. The van der Waals surface area contributed by atoms with E-state index in [-0.39, 0.29) is 6.10 Å². The number of hydrogen-bond donors (Lipinski definition) is 1. The molecule has 0 saturated carbocycles. The normalized spacial score (nSPS) is 12.6. The predicted octanol–water partition coefficient (Wildman–Crippen LogP) is 4.33. The van der Waals surface area contributed by atoms with Crippen molar-refractivity contribution >= 4 is 22.9 Å². The first kappa shape index (κ1) is 13.6. The Labute approximate surface area is 117 Å². The highest BCUT2D eigenvalue weighted by Gasteiger charge is 2.06. The van der Waals surface area contributed by atoms with Crippen LogP contribution in [0.25, 0.3) is 0 Å². The van der Waals surface area contributed by atoms with Gasteiger partial charge in [-0.2, -0.15) is 0 Å². The van der Waals surface area contributed by atoms with Gasteiger partial charge >= 0.3 is 0 Å². The number of aryl methyl sites for hydroxylation is 1. The molecular weight excluding hydrogens is 264 g/mol. The number of aliphatic hydroxyl groups excluding tert-OH is 1. The third-order valence-electron chi connectivity index (χ3n) is 2.93. The molecule has 18 heavy (non-hydrogen) atoms. The van der Waals surface area contributed by atoms with Gasteiger partial charge in [0.2, 0.25) is 0 Å². The van der Waals surface area contributed by atoms with Gasteiger partial charge in [0.1, 0.15) is 0 Å². The molecular formula is C15H17ClOS. The van der Waals surface area contributed by atoms with Crippen molar-refractivity contribution in [2.45, 2.75) is 31.8 Å². The summed E-state index contributed by atoms with van der Waals surface area (Å²) in [5.41, 5.74) is 1.14. The van der Waals surface area contributed by atoms with Crippen LogP contribution in [0.3, 0.4) is 0 Å². The Morgan fingerprint density at radius 1 is 1.17 bits per heavy atom. The minimum Gasteiger partial charge on any atom is -0.393 e. The van der Waals surface area contributed by atoms with Crippen molar-refractivity contribution in [3.05, 3.63) is 57.2 Å². The molecule has 96 valence electrons. The Hall–Kier alpha value is -0.830. The summed E-state index contributed by atoms with van der Waals surface area (Å²) in [5, 5.41) is 12.8. The Morgan fingerprint density at radius 3 is 2.61 bits per heavy atom. The first-order valence-electron chi connectivity index (χ1n) is 6.19. The van der Waals surface area contributed by atoms with Gasteiger partial charge in [-0.3, -0.25) is 0 Å². The Balaban J connectivity index is 1.71. The maximum absolute atomic E-state index is 9.97. The summed E-state index contributed by atoms with van der Waals surface area (Å²) in [6.45, 7) is 0. The summed E-state index contributed by atoms with van der Waals surface area (Å²) >= 11 is 7.61. The van der Waals surface area contributed by atoms with Crippen molar-refractivity contribution < 1.29 is 5.11 Å². The van der Waals surface area contributed by atoms with E-state index >= 15 is 0 Å². The van der Waals surface area contributed by atoms with E-state index in [9.17, 15) is 5.11 Å². The fourth-order valence-electron chi connectivity index (χ4n) is 1.96. The van der Waals surface area contributed by atoms with Crippen LogP contribution in [0.1, 0.15) is 23.3 Å². The zero-order chi connectivity index (χ0) is 12.8. The lowest BCUT2D eigenvalue weighted by atomic mass is 10.0. The van der Waals surface area contributed by atoms with Crippen LogP contribution in [-0.4, -0.2) is 11.2 Å². The standard InChI is InChI=1S/C15H17ClOS/c16-13-8-6-12(7-9-13)11-14(17)3-1-4-15-5-2-10-18-15/h2,5-10,14,17H,1,3-4,11H2. The van der Waals surface area contributed by atoms with Gasteiger partial charge in [-0.15, -0.1) is 11.3 Å². The second kappa shape index (κ2) is 6.93. The summed E-state index contributed by atoms with van der Waals surface area (Å²) < 4.78 is 0. The van der Waals surface area contributed by atoms with E-state index in [1.54, 1.807) is 11.3 Å². The van der Waals surface area contributed by atoms with Gasteiger partial charge in [0.05, 0.1) is 6.10 Å². The summed E-state index contributed by atoms with van der Waals surface area (Å²) in [5.74, 6) is 0. The molecule has 1 nitrogen and oxygen atoms in total. The second-order valence-corrected chi connectivity index (χ2v) is 5.92. The molecule has 2 rings (SSSR count). The first-order chi connectivity index (χ1) is 8.74. The molecule has 0 fully saturated rings. The van der Waals surface area contributed by atoms with Crippen LogP contribution in [0.2, 0.25) is 5.02 Å². The molecule has 0 aliphatic heterocycles. The summed E-state index contributed by atoms with van der Waals surface area (Å²) in [4.78, 5) is 1.40. The second-order valence-electron chi connectivity index (χ2n) is 4.46. The molecule has 0 radical (unpaired) electrons. The lowest BCUT2D eigenvalue weighted by Gasteiger charge is -2.10. The van der Waals surface area contributed by atoms with Crippen LogP contribution >= 0.6 is 22.9 Å². The van der Waals surface area contributed by atoms with E-state index in [2.05, 4.69) is 17.5 Å². The van der Waals surface area contributed by atoms with Gasteiger partial charge in [-0.25, -0.2) is 0 Å². The molecule has 3 heteroatoms. The molecule has 1 aromatic carbocycles. The van der Waals surface area contributed by atoms with E-state index in [1.807, 2.05) is 24.3 Å². The topological polar surface area (TPSA) is 20.2 Å². The van der Waals surface area contributed by atoms with Crippen molar-refractivity contribution in [2.75, 3.05) is 0 Å². The van der Waals surface area contributed by atoms with Gasteiger partial charge < -0.3 is 5.11 Å². The van der Waals surface area contributed by atoms with Crippen molar-refractivity contribution in [2.24, 2.45) is 0 Å². The number of benzene rings is 1. The third-order valence-corrected chi connectivity index (χ3v) is 4.11. The molecule has 1 N–H and O–H groups in total. The zero-order valence-corrected chi connectivity index (χ0v) is 11.8. The Kier molecular flexibility index (Phi) is 5.24. The summed E-state index contributed by atoms with van der Waals surface area (Å²) in [6.07, 6.45) is 3.40. The smallest absolute Gasteiger partial charge is 0.0580 e. The number of hydrogen-bond acceptors (Lipinski definition) is 2. The van der Waals surface area contributed by atoms with Crippen LogP contribution in [0.4, 0.5) is 0 Å². The molecule has 2 aromatic rings. The van der Waals surface area contributed by atoms with E-state index in [0.717, 1.165) is 29.8 Å².